The number of hydrogen-bond acceptors (Lipinski definition) is 4. The molecule has 4 nitrogen and oxygen atoms in total. The summed E-state index contributed by atoms with van der Waals surface area (Å²) in [5, 5.41) is 11.5. The molecule has 0 unspecified atom stereocenters. The Morgan fingerprint density at radius 3 is 2.09 bits per heavy atom. The fraction of sp³-hybridized carbons (Fsp3) is 1.00. The van der Waals surface area contributed by atoms with Gasteiger partial charge in [-0.1, -0.05) is 6.42 Å². The Hall–Kier alpha value is 0.520. The summed E-state index contributed by atoms with van der Waals surface area (Å²) < 4.78 is 0. The molecule has 1 aliphatic carbocycles. The standard InChI is InChI=1S/C6H12N2O2.Na.H/c9-7-6(8-10)4-2-1-3-5-6;;/h7,9H,1-5H2;;. The molecule has 5 heteroatoms. The second-order valence-corrected chi connectivity index (χ2v) is 2.80. The molecule has 0 aromatic carbocycles. The summed E-state index contributed by atoms with van der Waals surface area (Å²) in [4.78, 5) is 10.2. The van der Waals surface area contributed by atoms with Crippen molar-refractivity contribution in [3.05, 3.63) is 4.91 Å². The van der Waals surface area contributed by atoms with Gasteiger partial charge in [-0.15, -0.1) is 4.91 Å². The van der Waals surface area contributed by atoms with Gasteiger partial charge in [0, 0.05) is 0 Å². The molecular formula is C6H13N2NaO2. The van der Waals surface area contributed by atoms with Crippen LogP contribution in [0.15, 0.2) is 5.18 Å². The van der Waals surface area contributed by atoms with E-state index in [9.17, 15) is 4.91 Å². The van der Waals surface area contributed by atoms with E-state index < -0.39 is 5.66 Å². The van der Waals surface area contributed by atoms with Gasteiger partial charge in [0.1, 0.15) is 0 Å². The number of nitrogens with one attached hydrogen (secondary N) is 1. The van der Waals surface area contributed by atoms with Gasteiger partial charge in [-0.3, -0.25) is 0 Å². The van der Waals surface area contributed by atoms with Gasteiger partial charge in [0.2, 0.25) is 0 Å². The van der Waals surface area contributed by atoms with Gasteiger partial charge >= 0.3 is 29.6 Å². The molecule has 1 aliphatic rings. The molecule has 2 N–H and O–H groups in total. The number of nitroso groups, excluding NO2 is 1. The van der Waals surface area contributed by atoms with Gasteiger partial charge in [0.15, 0.2) is 5.66 Å². The summed E-state index contributed by atoms with van der Waals surface area (Å²) in [6.07, 6.45) is 4.40. The van der Waals surface area contributed by atoms with Crippen molar-refractivity contribution in [3.8, 4) is 0 Å². The molecule has 0 aromatic rings. The van der Waals surface area contributed by atoms with Gasteiger partial charge in [0.05, 0.1) is 0 Å². The van der Waals surface area contributed by atoms with E-state index in [0.29, 0.717) is 12.8 Å². The number of hydrogen-bond donors (Lipinski definition) is 2. The Morgan fingerprint density at radius 2 is 1.82 bits per heavy atom. The third-order valence-corrected chi connectivity index (χ3v) is 2.06. The van der Waals surface area contributed by atoms with Crippen LogP contribution in [0, 0.1) is 4.91 Å². The van der Waals surface area contributed by atoms with E-state index in [4.69, 9.17) is 5.21 Å². The third-order valence-electron chi connectivity index (χ3n) is 2.06. The van der Waals surface area contributed by atoms with Crippen LogP contribution in [0.4, 0.5) is 0 Å². The Morgan fingerprint density at radius 1 is 1.27 bits per heavy atom. The first kappa shape index (κ1) is 11.5. The van der Waals surface area contributed by atoms with Crippen LogP contribution >= 0.6 is 0 Å². The molecule has 0 atom stereocenters. The van der Waals surface area contributed by atoms with Crippen LogP contribution in [-0.4, -0.2) is 40.4 Å². The summed E-state index contributed by atoms with van der Waals surface area (Å²) in [6, 6.07) is 0. The summed E-state index contributed by atoms with van der Waals surface area (Å²) >= 11 is 0. The van der Waals surface area contributed by atoms with E-state index in [1.54, 1.807) is 0 Å². The minimum atomic E-state index is -0.863. The second-order valence-electron chi connectivity index (χ2n) is 2.80. The van der Waals surface area contributed by atoms with Crippen molar-refractivity contribution in [2.24, 2.45) is 5.18 Å². The van der Waals surface area contributed by atoms with E-state index in [2.05, 4.69) is 5.18 Å². The van der Waals surface area contributed by atoms with Crippen molar-refractivity contribution in [3.63, 3.8) is 0 Å². The van der Waals surface area contributed by atoms with Crippen molar-refractivity contribution in [1.82, 2.24) is 5.48 Å². The van der Waals surface area contributed by atoms with Gasteiger partial charge < -0.3 is 5.21 Å². The van der Waals surface area contributed by atoms with E-state index >= 15 is 0 Å². The Labute approximate surface area is 88.0 Å². The van der Waals surface area contributed by atoms with Crippen LogP contribution in [0.5, 0.6) is 0 Å². The molecule has 0 saturated heterocycles. The topological polar surface area (TPSA) is 61.7 Å². The first-order valence-corrected chi connectivity index (χ1v) is 3.59. The van der Waals surface area contributed by atoms with Crippen LogP contribution in [0.1, 0.15) is 32.1 Å². The van der Waals surface area contributed by atoms with Gasteiger partial charge in [-0.05, 0) is 30.9 Å². The molecule has 0 amide bonds. The molecule has 0 aromatic heterocycles. The summed E-state index contributed by atoms with van der Waals surface area (Å²) in [7, 11) is 0. The number of rotatable bonds is 2. The average Bonchev–Trinajstić information content (AvgIpc) is 2.06. The molecule has 0 spiro atoms. The van der Waals surface area contributed by atoms with Crippen molar-refractivity contribution >= 4 is 29.6 Å². The predicted molar refractivity (Wildman–Crippen MR) is 43.7 cm³/mol. The summed E-state index contributed by atoms with van der Waals surface area (Å²) in [5.74, 6) is 0. The molecule has 0 radical (unpaired) electrons. The molecular weight excluding hydrogens is 155 g/mol. The van der Waals surface area contributed by atoms with Crippen LogP contribution in [0.3, 0.4) is 0 Å². The van der Waals surface area contributed by atoms with Crippen molar-refractivity contribution in [2.45, 2.75) is 37.8 Å². The number of hydroxylamine groups is 1. The van der Waals surface area contributed by atoms with E-state index in [-0.39, 0.29) is 29.6 Å². The number of nitrogens with zero attached hydrogens (tertiary/aromatic N) is 1. The molecule has 60 valence electrons. The fourth-order valence-corrected chi connectivity index (χ4v) is 1.36. The molecule has 1 saturated carbocycles. The van der Waals surface area contributed by atoms with Gasteiger partial charge in [-0.2, -0.15) is 5.48 Å². The summed E-state index contributed by atoms with van der Waals surface area (Å²) in [5.41, 5.74) is 1.13. The maximum absolute atomic E-state index is 10.2. The third kappa shape index (κ3) is 2.80. The zero-order valence-corrected chi connectivity index (χ0v) is 5.84. The molecule has 11 heavy (non-hydrogen) atoms. The van der Waals surface area contributed by atoms with E-state index in [1.165, 1.54) is 0 Å². The van der Waals surface area contributed by atoms with E-state index in [1.807, 2.05) is 5.48 Å². The zero-order valence-electron chi connectivity index (χ0n) is 5.84. The Bertz CT molecular complexity index is 126. The first-order valence-electron chi connectivity index (χ1n) is 3.59. The summed E-state index contributed by atoms with van der Waals surface area (Å²) in [6.45, 7) is 0. The SMILES string of the molecule is O=NC1(NO)CCCCC1.[NaH]. The fourth-order valence-electron chi connectivity index (χ4n) is 1.36. The Kier molecular flexibility index (Phi) is 5.46. The van der Waals surface area contributed by atoms with E-state index in [0.717, 1.165) is 19.3 Å². The van der Waals surface area contributed by atoms with Crippen LogP contribution in [0.25, 0.3) is 0 Å². The van der Waals surface area contributed by atoms with Crippen LogP contribution in [0.2, 0.25) is 0 Å². The van der Waals surface area contributed by atoms with Crippen LogP contribution in [-0.2, 0) is 0 Å². The second kappa shape index (κ2) is 5.22. The van der Waals surface area contributed by atoms with Crippen molar-refractivity contribution < 1.29 is 5.21 Å². The van der Waals surface area contributed by atoms with Crippen molar-refractivity contribution in [1.29, 1.82) is 0 Å². The first-order chi connectivity index (χ1) is 4.83. The molecule has 1 rings (SSSR count). The zero-order chi connectivity index (χ0) is 7.45. The predicted octanol–water partition coefficient (Wildman–Crippen LogP) is 0.744. The minimum absolute atomic E-state index is 0. The maximum atomic E-state index is 10.2. The Balaban J connectivity index is 0.000001000. The molecule has 1 fully saturated rings. The quantitative estimate of drug-likeness (QED) is 0.363. The monoisotopic (exact) mass is 168 g/mol. The molecule has 0 aliphatic heterocycles. The van der Waals surface area contributed by atoms with Crippen LogP contribution < -0.4 is 5.48 Å². The van der Waals surface area contributed by atoms with Crippen molar-refractivity contribution in [2.75, 3.05) is 0 Å². The van der Waals surface area contributed by atoms with Gasteiger partial charge in [-0.25, -0.2) is 0 Å². The normalized spacial score (nSPS) is 21.9. The average molecular weight is 168 g/mol. The molecule has 0 bridgehead atoms. The molecule has 0 heterocycles. The van der Waals surface area contributed by atoms with Gasteiger partial charge in [0.25, 0.3) is 0 Å².